The maximum absolute atomic E-state index is 10.2. The van der Waals surface area contributed by atoms with Gasteiger partial charge in [-0.25, -0.2) is 0 Å². The van der Waals surface area contributed by atoms with Crippen molar-refractivity contribution in [1.29, 1.82) is 0 Å². The largest absolute Gasteiger partial charge is 0.392 e. The van der Waals surface area contributed by atoms with Gasteiger partial charge in [0, 0.05) is 6.61 Å². The molecule has 1 heterocycles. The minimum Gasteiger partial charge on any atom is -0.392 e. The lowest BCUT2D eigenvalue weighted by molar-refractivity contribution is -0.0403. The standard InChI is InChI=1S/C15H26N2O3/c1-4-15(3,19-5-2)14-16-13(20-17-14)11-9-7-6-8-10-12(11)18/h11-12,18H,4-10H2,1-3H3. The zero-order chi connectivity index (χ0) is 14.6. The lowest BCUT2D eigenvalue weighted by atomic mass is 9.97. The molecule has 3 unspecified atom stereocenters. The second-order valence-corrected chi connectivity index (χ2v) is 5.79. The molecule has 1 aliphatic carbocycles. The van der Waals surface area contributed by atoms with Crippen LogP contribution < -0.4 is 0 Å². The third-order valence-electron chi connectivity index (χ3n) is 4.35. The summed E-state index contributed by atoms with van der Waals surface area (Å²) in [5, 5.41) is 14.3. The molecule has 3 atom stereocenters. The molecule has 0 spiro atoms. The Labute approximate surface area is 120 Å². The van der Waals surface area contributed by atoms with Crippen molar-refractivity contribution in [3.8, 4) is 0 Å². The first-order valence-corrected chi connectivity index (χ1v) is 7.76. The maximum Gasteiger partial charge on any atom is 0.232 e. The van der Waals surface area contributed by atoms with Crippen LogP contribution in [0.4, 0.5) is 0 Å². The number of nitrogens with zero attached hydrogens (tertiary/aromatic N) is 2. The SMILES string of the molecule is CCOC(C)(CC)c1noc(C2CCCCCC2O)n1. The molecular weight excluding hydrogens is 256 g/mol. The van der Waals surface area contributed by atoms with Gasteiger partial charge in [-0.05, 0) is 33.1 Å². The highest BCUT2D eigenvalue weighted by atomic mass is 16.5. The van der Waals surface area contributed by atoms with E-state index in [9.17, 15) is 5.11 Å². The van der Waals surface area contributed by atoms with E-state index >= 15 is 0 Å². The first-order valence-electron chi connectivity index (χ1n) is 7.76. The molecule has 1 aromatic rings. The molecule has 0 saturated heterocycles. The Hall–Kier alpha value is -0.940. The number of ether oxygens (including phenoxy) is 1. The molecule has 0 radical (unpaired) electrons. The molecule has 5 nitrogen and oxygen atoms in total. The molecule has 5 heteroatoms. The van der Waals surface area contributed by atoms with E-state index in [-0.39, 0.29) is 12.0 Å². The highest BCUT2D eigenvalue weighted by Gasteiger charge is 2.34. The number of aliphatic hydroxyl groups is 1. The third-order valence-corrected chi connectivity index (χ3v) is 4.35. The first-order chi connectivity index (χ1) is 9.60. The van der Waals surface area contributed by atoms with Gasteiger partial charge in [0.15, 0.2) is 0 Å². The van der Waals surface area contributed by atoms with Crippen LogP contribution in [0.5, 0.6) is 0 Å². The van der Waals surface area contributed by atoms with Gasteiger partial charge in [-0.1, -0.05) is 31.3 Å². The first kappa shape index (κ1) is 15.4. The van der Waals surface area contributed by atoms with Crippen molar-refractivity contribution in [2.45, 2.75) is 76.9 Å². The van der Waals surface area contributed by atoms with Crippen molar-refractivity contribution in [3.05, 3.63) is 11.7 Å². The van der Waals surface area contributed by atoms with E-state index in [1.54, 1.807) is 0 Å². The zero-order valence-electron chi connectivity index (χ0n) is 12.8. The quantitative estimate of drug-likeness (QED) is 0.840. The van der Waals surface area contributed by atoms with E-state index < -0.39 is 5.60 Å². The number of aliphatic hydroxyl groups excluding tert-OH is 1. The van der Waals surface area contributed by atoms with Gasteiger partial charge in [0.2, 0.25) is 11.7 Å². The Kier molecular flexibility index (Phi) is 5.16. The molecule has 1 aliphatic rings. The highest BCUT2D eigenvalue weighted by molar-refractivity contribution is 5.04. The molecule has 2 rings (SSSR count). The summed E-state index contributed by atoms with van der Waals surface area (Å²) in [6.45, 7) is 6.60. The Bertz CT molecular complexity index is 421. The number of rotatable bonds is 5. The number of aromatic nitrogens is 2. The van der Waals surface area contributed by atoms with Gasteiger partial charge in [0.1, 0.15) is 5.60 Å². The molecule has 1 fully saturated rings. The van der Waals surface area contributed by atoms with Crippen molar-refractivity contribution in [1.82, 2.24) is 10.1 Å². The van der Waals surface area contributed by atoms with Gasteiger partial charge in [-0.2, -0.15) is 4.98 Å². The van der Waals surface area contributed by atoms with E-state index in [2.05, 4.69) is 10.1 Å². The fourth-order valence-corrected chi connectivity index (χ4v) is 2.82. The Morgan fingerprint density at radius 2 is 2.05 bits per heavy atom. The van der Waals surface area contributed by atoms with Gasteiger partial charge in [-0.15, -0.1) is 0 Å². The summed E-state index contributed by atoms with van der Waals surface area (Å²) in [7, 11) is 0. The maximum atomic E-state index is 10.2. The summed E-state index contributed by atoms with van der Waals surface area (Å²) in [6, 6.07) is 0. The summed E-state index contributed by atoms with van der Waals surface area (Å²) in [5.41, 5.74) is -0.508. The zero-order valence-corrected chi connectivity index (χ0v) is 12.8. The summed E-state index contributed by atoms with van der Waals surface area (Å²) in [5.74, 6) is 1.13. The molecule has 0 amide bonds. The number of hydrogen-bond acceptors (Lipinski definition) is 5. The van der Waals surface area contributed by atoms with Gasteiger partial charge < -0.3 is 14.4 Å². The minimum atomic E-state index is -0.508. The predicted molar refractivity (Wildman–Crippen MR) is 75.4 cm³/mol. The molecule has 1 saturated carbocycles. The molecule has 0 bridgehead atoms. The van der Waals surface area contributed by atoms with Crippen LogP contribution in [0.3, 0.4) is 0 Å². The molecule has 1 N–H and O–H groups in total. The summed E-state index contributed by atoms with van der Waals surface area (Å²) in [4.78, 5) is 4.52. The molecule has 114 valence electrons. The van der Waals surface area contributed by atoms with Crippen molar-refractivity contribution in [3.63, 3.8) is 0 Å². The van der Waals surface area contributed by atoms with Crippen LogP contribution in [0.15, 0.2) is 4.52 Å². The lowest BCUT2D eigenvalue weighted by Crippen LogP contribution is -2.27. The topological polar surface area (TPSA) is 68.4 Å². The van der Waals surface area contributed by atoms with Gasteiger partial charge in [0.25, 0.3) is 0 Å². The Morgan fingerprint density at radius 3 is 2.75 bits per heavy atom. The summed E-state index contributed by atoms with van der Waals surface area (Å²) < 4.78 is 11.2. The Balaban J connectivity index is 2.18. The second-order valence-electron chi connectivity index (χ2n) is 5.79. The molecule has 1 aromatic heterocycles. The monoisotopic (exact) mass is 282 g/mol. The van der Waals surface area contributed by atoms with Gasteiger partial charge >= 0.3 is 0 Å². The number of hydrogen-bond donors (Lipinski definition) is 1. The van der Waals surface area contributed by atoms with Crippen LogP contribution in [0, 0.1) is 0 Å². The smallest absolute Gasteiger partial charge is 0.232 e. The fraction of sp³-hybridized carbons (Fsp3) is 0.867. The van der Waals surface area contributed by atoms with E-state index in [4.69, 9.17) is 9.26 Å². The van der Waals surface area contributed by atoms with Gasteiger partial charge in [0.05, 0.1) is 12.0 Å². The summed E-state index contributed by atoms with van der Waals surface area (Å²) >= 11 is 0. The van der Waals surface area contributed by atoms with E-state index in [1.807, 2.05) is 20.8 Å². The van der Waals surface area contributed by atoms with Crippen LogP contribution in [-0.4, -0.2) is 28.0 Å². The molecule has 0 aliphatic heterocycles. The summed E-state index contributed by atoms with van der Waals surface area (Å²) in [6.07, 6.45) is 5.50. The average Bonchev–Trinajstić information content (AvgIpc) is 2.83. The van der Waals surface area contributed by atoms with Gasteiger partial charge in [-0.3, -0.25) is 0 Å². The average molecular weight is 282 g/mol. The molecular formula is C15H26N2O3. The van der Waals surface area contributed by atoms with Crippen molar-refractivity contribution >= 4 is 0 Å². The predicted octanol–water partition coefficient (Wildman–Crippen LogP) is 3.14. The van der Waals surface area contributed by atoms with Crippen molar-refractivity contribution < 1.29 is 14.4 Å². The fourth-order valence-electron chi connectivity index (χ4n) is 2.82. The van der Waals surface area contributed by atoms with Crippen LogP contribution in [-0.2, 0) is 10.3 Å². The van der Waals surface area contributed by atoms with Crippen LogP contribution in [0.1, 0.15) is 76.9 Å². The van der Waals surface area contributed by atoms with Crippen molar-refractivity contribution in [2.75, 3.05) is 6.61 Å². The Morgan fingerprint density at radius 1 is 1.30 bits per heavy atom. The minimum absolute atomic E-state index is 0.0264. The second kappa shape index (κ2) is 6.68. The van der Waals surface area contributed by atoms with Crippen LogP contribution in [0.25, 0.3) is 0 Å². The normalized spacial score (nSPS) is 27.0. The molecule has 0 aromatic carbocycles. The third kappa shape index (κ3) is 3.20. The van der Waals surface area contributed by atoms with E-state index in [1.165, 1.54) is 6.42 Å². The van der Waals surface area contributed by atoms with E-state index in [0.29, 0.717) is 18.3 Å². The molecule has 20 heavy (non-hydrogen) atoms. The van der Waals surface area contributed by atoms with E-state index in [0.717, 1.165) is 32.1 Å². The highest BCUT2D eigenvalue weighted by Crippen LogP contribution is 2.33. The van der Waals surface area contributed by atoms with Crippen LogP contribution in [0.2, 0.25) is 0 Å². The van der Waals surface area contributed by atoms with Crippen molar-refractivity contribution in [2.24, 2.45) is 0 Å². The lowest BCUT2D eigenvalue weighted by Gasteiger charge is -2.24. The van der Waals surface area contributed by atoms with Crippen LogP contribution >= 0.6 is 0 Å².